The smallest absolute Gasteiger partial charge is 0.325 e. The van der Waals surface area contributed by atoms with Crippen LogP contribution >= 0.6 is 11.8 Å². The predicted molar refractivity (Wildman–Crippen MR) is 63.1 cm³/mol. The lowest BCUT2D eigenvalue weighted by molar-refractivity contribution is -0.138. The molecule has 0 amide bonds. The number of aliphatic carboxylic acids is 1. The van der Waals surface area contributed by atoms with E-state index >= 15 is 0 Å². The van der Waals surface area contributed by atoms with Crippen LogP contribution in [-0.2, 0) is 17.1 Å². The van der Waals surface area contributed by atoms with Gasteiger partial charge in [0.15, 0.2) is 0 Å². The molecular weight excluding hydrogens is 256 g/mol. The second kappa shape index (κ2) is 5.50. The molecule has 0 saturated heterocycles. The number of hydrogen-bond acceptors (Lipinski definition) is 6. The third-order valence-electron chi connectivity index (χ3n) is 2.09. The number of hydrogen-bond donors (Lipinski definition) is 2. The van der Waals surface area contributed by atoms with Gasteiger partial charge in [-0.1, -0.05) is 23.9 Å². The van der Waals surface area contributed by atoms with E-state index < -0.39 is 5.97 Å². The Hall–Kier alpha value is -2.09. The lowest BCUT2D eigenvalue weighted by Crippen LogP contribution is -2.11. The zero-order chi connectivity index (χ0) is 13.0. The summed E-state index contributed by atoms with van der Waals surface area (Å²) in [7, 11) is 0. The van der Waals surface area contributed by atoms with Crippen LogP contribution in [0.3, 0.4) is 0 Å². The van der Waals surface area contributed by atoms with Crippen LogP contribution in [0, 0.1) is 0 Å². The fourth-order valence-corrected chi connectivity index (χ4v) is 2.10. The van der Waals surface area contributed by atoms with E-state index in [1.807, 2.05) is 0 Å². The second-order valence-electron chi connectivity index (χ2n) is 3.47. The summed E-state index contributed by atoms with van der Waals surface area (Å²) in [6.45, 7) is -0.259. The molecule has 1 aromatic carbocycles. The monoisotopic (exact) mass is 266 g/mol. The van der Waals surface area contributed by atoms with Gasteiger partial charge in [-0.15, -0.1) is 5.10 Å². The van der Waals surface area contributed by atoms with E-state index in [0.717, 1.165) is 5.56 Å². The highest BCUT2D eigenvalue weighted by molar-refractivity contribution is 7.98. The molecular formula is C10H10N4O3S. The predicted octanol–water partition coefficient (Wildman–Crippen LogP) is 0.756. The fourth-order valence-electron chi connectivity index (χ4n) is 1.27. The zero-order valence-corrected chi connectivity index (χ0v) is 10.0. The average Bonchev–Trinajstić information content (AvgIpc) is 2.75. The molecule has 0 aliphatic rings. The highest BCUT2D eigenvalue weighted by atomic mass is 32.2. The first-order valence-corrected chi connectivity index (χ1v) is 6.02. The van der Waals surface area contributed by atoms with Crippen molar-refractivity contribution < 1.29 is 15.0 Å². The third-order valence-corrected chi connectivity index (χ3v) is 3.12. The van der Waals surface area contributed by atoms with Crippen molar-refractivity contribution >= 4 is 17.7 Å². The van der Waals surface area contributed by atoms with Crippen molar-refractivity contribution in [1.82, 2.24) is 20.2 Å². The summed E-state index contributed by atoms with van der Waals surface area (Å²) in [6.07, 6.45) is 0. The van der Waals surface area contributed by atoms with Crippen molar-refractivity contribution in [1.29, 1.82) is 0 Å². The van der Waals surface area contributed by atoms with Gasteiger partial charge in [-0.25, -0.2) is 4.68 Å². The minimum absolute atomic E-state index is 0.208. The fraction of sp³-hybridized carbons (Fsp3) is 0.200. The first kappa shape index (κ1) is 12.4. The summed E-state index contributed by atoms with van der Waals surface area (Å²) in [6, 6.07) is 6.76. The van der Waals surface area contributed by atoms with Crippen molar-refractivity contribution in [2.75, 3.05) is 0 Å². The van der Waals surface area contributed by atoms with Crippen molar-refractivity contribution in [2.45, 2.75) is 17.5 Å². The van der Waals surface area contributed by atoms with E-state index in [1.165, 1.54) is 16.4 Å². The minimum atomic E-state index is -0.992. The number of benzene rings is 1. The van der Waals surface area contributed by atoms with E-state index in [9.17, 15) is 4.79 Å². The highest BCUT2D eigenvalue weighted by Crippen LogP contribution is 2.21. The molecule has 2 aromatic rings. The van der Waals surface area contributed by atoms with E-state index in [0.29, 0.717) is 10.9 Å². The van der Waals surface area contributed by atoms with Crippen LogP contribution in [0.1, 0.15) is 5.56 Å². The molecule has 0 bridgehead atoms. The molecule has 7 nitrogen and oxygen atoms in total. The molecule has 94 valence electrons. The lowest BCUT2D eigenvalue weighted by atomic mass is 10.2. The Morgan fingerprint density at radius 1 is 1.33 bits per heavy atom. The maximum Gasteiger partial charge on any atom is 0.325 e. The van der Waals surface area contributed by atoms with Gasteiger partial charge >= 0.3 is 5.97 Å². The van der Waals surface area contributed by atoms with Crippen LogP contribution in [0.2, 0.25) is 0 Å². The molecule has 0 aliphatic carbocycles. The molecule has 0 radical (unpaired) electrons. The molecule has 0 saturated carbocycles. The van der Waals surface area contributed by atoms with Crippen LogP contribution in [-0.4, -0.2) is 36.4 Å². The van der Waals surface area contributed by atoms with Gasteiger partial charge in [-0.3, -0.25) is 4.79 Å². The number of carboxylic acids is 1. The first-order chi connectivity index (χ1) is 8.65. The van der Waals surface area contributed by atoms with Crippen molar-refractivity contribution in [3.8, 4) is 5.75 Å². The van der Waals surface area contributed by atoms with Gasteiger partial charge < -0.3 is 10.2 Å². The quantitative estimate of drug-likeness (QED) is 0.770. The number of rotatable bonds is 5. The molecule has 0 spiro atoms. The van der Waals surface area contributed by atoms with Crippen LogP contribution in [0.5, 0.6) is 5.75 Å². The number of phenolic OH excluding ortho intramolecular Hbond substituents is 1. The Morgan fingerprint density at radius 3 is 2.72 bits per heavy atom. The van der Waals surface area contributed by atoms with Crippen molar-refractivity contribution in [2.24, 2.45) is 0 Å². The highest BCUT2D eigenvalue weighted by Gasteiger charge is 2.09. The Morgan fingerprint density at radius 2 is 2.06 bits per heavy atom. The number of thioether (sulfide) groups is 1. The molecule has 18 heavy (non-hydrogen) atoms. The molecule has 0 atom stereocenters. The molecule has 1 aromatic heterocycles. The first-order valence-electron chi connectivity index (χ1n) is 5.04. The summed E-state index contributed by atoms with van der Waals surface area (Å²) < 4.78 is 1.23. The largest absolute Gasteiger partial charge is 0.508 e. The molecule has 0 aliphatic heterocycles. The summed E-state index contributed by atoms with van der Waals surface area (Å²) in [4.78, 5) is 10.6. The molecule has 8 heteroatoms. The van der Waals surface area contributed by atoms with Crippen molar-refractivity contribution in [3.63, 3.8) is 0 Å². The van der Waals surface area contributed by atoms with Gasteiger partial charge in [0.1, 0.15) is 12.3 Å². The maximum absolute atomic E-state index is 10.6. The number of aromatic nitrogens is 4. The Balaban J connectivity index is 1.99. The van der Waals surface area contributed by atoms with Gasteiger partial charge in [-0.05, 0) is 28.1 Å². The maximum atomic E-state index is 10.6. The van der Waals surface area contributed by atoms with E-state index in [-0.39, 0.29) is 12.3 Å². The number of carboxylic acid groups (broad SMARTS) is 1. The lowest BCUT2D eigenvalue weighted by Gasteiger charge is -2.02. The molecule has 0 fully saturated rings. The van der Waals surface area contributed by atoms with Crippen LogP contribution in [0.25, 0.3) is 0 Å². The number of phenols is 1. The third kappa shape index (κ3) is 3.20. The van der Waals surface area contributed by atoms with Crippen LogP contribution in [0.4, 0.5) is 0 Å². The number of aromatic hydroxyl groups is 1. The number of nitrogens with zero attached hydrogens (tertiary/aromatic N) is 4. The molecule has 2 N–H and O–H groups in total. The normalized spacial score (nSPS) is 10.4. The Bertz CT molecular complexity index is 540. The van der Waals surface area contributed by atoms with Gasteiger partial charge in [0.25, 0.3) is 0 Å². The van der Waals surface area contributed by atoms with E-state index in [1.54, 1.807) is 24.3 Å². The van der Waals surface area contributed by atoms with Crippen LogP contribution < -0.4 is 0 Å². The van der Waals surface area contributed by atoms with Gasteiger partial charge in [-0.2, -0.15) is 0 Å². The standard InChI is InChI=1S/C10H10N4O3S/c15-8-3-1-7(2-4-8)6-18-10-11-12-13-14(10)5-9(16)17/h1-4,15H,5-6H2,(H,16,17). The second-order valence-corrected chi connectivity index (χ2v) is 4.41. The zero-order valence-electron chi connectivity index (χ0n) is 9.22. The van der Waals surface area contributed by atoms with Crippen molar-refractivity contribution in [3.05, 3.63) is 29.8 Å². The number of carbonyl (C=O) groups is 1. The molecule has 2 rings (SSSR count). The van der Waals surface area contributed by atoms with Gasteiger partial charge in [0.2, 0.25) is 5.16 Å². The number of tetrazole rings is 1. The average molecular weight is 266 g/mol. The van der Waals surface area contributed by atoms with Gasteiger partial charge in [0, 0.05) is 5.75 Å². The molecule has 0 unspecified atom stereocenters. The Labute approximate surface area is 106 Å². The summed E-state index contributed by atoms with van der Waals surface area (Å²) in [5.74, 6) is -0.187. The SMILES string of the molecule is O=C(O)Cn1nnnc1SCc1ccc(O)cc1. The van der Waals surface area contributed by atoms with E-state index in [2.05, 4.69) is 15.5 Å². The summed E-state index contributed by atoms with van der Waals surface area (Å²) in [5, 5.41) is 29.1. The molecule has 1 heterocycles. The van der Waals surface area contributed by atoms with E-state index in [4.69, 9.17) is 10.2 Å². The summed E-state index contributed by atoms with van der Waals surface area (Å²) >= 11 is 1.34. The summed E-state index contributed by atoms with van der Waals surface area (Å²) in [5.41, 5.74) is 0.989. The minimum Gasteiger partial charge on any atom is -0.508 e. The Kier molecular flexibility index (Phi) is 3.78. The van der Waals surface area contributed by atoms with Gasteiger partial charge in [0.05, 0.1) is 0 Å². The van der Waals surface area contributed by atoms with Crippen LogP contribution in [0.15, 0.2) is 29.4 Å². The topological polar surface area (TPSA) is 101 Å².